The van der Waals surface area contributed by atoms with E-state index in [2.05, 4.69) is 10.3 Å². The predicted molar refractivity (Wildman–Crippen MR) is 90.5 cm³/mol. The Morgan fingerprint density at radius 3 is 2.92 bits per heavy atom. The molecule has 1 N–H and O–H groups in total. The molecule has 0 unspecified atom stereocenters. The number of methoxy groups -OCH3 is 1. The van der Waals surface area contributed by atoms with Crippen molar-refractivity contribution in [1.29, 1.82) is 0 Å². The third-order valence-corrected chi connectivity index (χ3v) is 3.53. The Balaban J connectivity index is 1.83. The molecule has 3 rings (SSSR count). The van der Waals surface area contributed by atoms with Crippen molar-refractivity contribution in [3.63, 3.8) is 0 Å². The minimum Gasteiger partial charge on any atom is -0.493 e. The van der Waals surface area contributed by atoms with Gasteiger partial charge in [-0.25, -0.2) is 4.98 Å². The molecule has 6 heteroatoms. The highest BCUT2D eigenvalue weighted by Crippen LogP contribution is 2.36. The molecule has 1 aliphatic rings. The topological polar surface area (TPSA) is 69.7 Å². The molecule has 1 amide bonds. The Morgan fingerprint density at radius 1 is 1.29 bits per heavy atom. The summed E-state index contributed by atoms with van der Waals surface area (Å²) in [6.45, 7) is 2.63. The number of nitrogens with zero attached hydrogens (tertiary/aromatic N) is 1. The standard InChI is InChI=1S/C18H18N2O4/c1-3-23-14-7-4-6-12-10-13(11-24-16(12)14)18(21)20-17-15(22-2)8-5-9-19-17/h4-10H,3,11H2,1-2H3,(H,19,20,21). The van der Waals surface area contributed by atoms with E-state index >= 15 is 0 Å². The van der Waals surface area contributed by atoms with E-state index in [1.54, 1.807) is 24.4 Å². The maximum Gasteiger partial charge on any atom is 0.256 e. The monoisotopic (exact) mass is 326 g/mol. The molecule has 0 fully saturated rings. The lowest BCUT2D eigenvalue weighted by molar-refractivity contribution is -0.113. The van der Waals surface area contributed by atoms with Gasteiger partial charge in [0.2, 0.25) is 0 Å². The van der Waals surface area contributed by atoms with Crippen LogP contribution in [0.15, 0.2) is 42.1 Å². The Hall–Kier alpha value is -3.02. The molecule has 1 aromatic heterocycles. The van der Waals surface area contributed by atoms with Crippen LogP contribution in [-0.2, 0) is 4.79 Å². The highest BCUT2D eigenvalue weighted by molar-refractivity contribution is 6.07. The summed E-state index contributed by atoms with van der Waals surface area (Å²) < 4.78 is 16.5. The van der Waals surface area contributed by atoms with Crippen LogP contribution >= 0.6 is 0 Å². The lowest BCUT2D eigenvalue weighted by Crippen LogP contribution is -2.22. The zero-order valence-electron chi connectivity index (χ0n) is 13.5. The summed E-state index contributed by atoms with van der Waals surface area (Å²) in [6, 6.07) is 9.07. The SMILES string of the molecule is CCOc1cccc2c1OCC(C(=O)Nc1ncccc1OC)=C2. The first-order valence-electron chi connectivity index (χ1n) is 7.62. The number of carbonyl (C=O) groups is 1. The maximum absolute atomic E-state index is 12.5. The van der Waals surface area contributed by atoms with Gasteiger partial charge in [-0.2, -0.15) is 0 Å². The number of carbonyl (C=O) groups excluding carboxylic acids is 1. The molecule has 0 saturated carbocycles. The summed E-state index contributed by atoms with van der Waals surface area (Å²) in [7, 11) is 1.53. The molecule has 24 heavy (non-hydrogen) atoms. The van der Waals surface area contributed by atoms with Gasteiger partial charge in [-0.1, -0.05) is 12.1 Å². The van der Waals surface area contributed by atoms with Gasteiger partial charge in [0.05, 0.1) is 19.3 Å². The first-order valence-corrected chi connectivity index (χ1v) is 7.62. The summed E-state index contributed by atoms with van der Waals surface area (Å²) in [6.07, 6.45) is 3.39. The molecule has 2 heterocycles. The number of hydrogen-bond acceptors (Lipinski definition) is 5. The minimum absolute atomic E-state index is 0.165. The van der Waals surface area contributed by atoms with E-state index in [0.717, 1.165) is 5.56 Å². The molecule has 0 saturated heterocycles. The van der Waals surface area contributed by atoms with Crippen molar-refractivity contribution in [2.75, 3.05) is 25.6 Å². The molecule has 0 bridgehead atoms. The molecular formula is C18H18N2O4. The summed E-state index contributed by atoms with van der Waals surface area (Å²) in [5.41, 5.74) is 1.31. The van der Waals surface area contributed by atoms with E-state index in [-0.39, 0.29) is 12.5 Å². The highest BCUT2D eigenvalue weighted by Gasteiger charge is 2.21. The Kier molecular flexibility index (Phi) is 4.65. The fraction of sp³-hybridized carbons (Fsp3) is 0.222. The van der Waals surface area contributed by atoms with Crippen LogP contribution in [-0.4, -0.2) is 31.2 Å². The van der Waals surface area contributed by atoms with E-state index in [1.165, 1.54) is 7.11 Å². The third kappa shape index (κ3) is 3.17. The van der Waals surface area contributed by atoms with E-state index in [1.807, 2.05) is 25.1 Å². The molecule has 0 aliphatic carbocycles. The molecule has 0 radical (unpaired) electrons. The van der Waals surface area contributed by atoms with Gasteiger partial charge in [0.1, 0.15) is 6.61 Å². The lowest BCUT2D eigenvalue weighted by Gasteiger charge is -2.20. The number of benzene rings is 1. The second-order valence-electron chi connectivity index (χ2n) is 5.07. The van der Waals surface area contributed by atoms with Crippen molar-refractivity contribution in [1.82, 2.24) is 4.98 Å². The molecule has 124 valence electrons. The van der Waals surface area contributed by atoms with Gasteiger partial charge in [0.15, 0.2) is 23.1 Å². The van der Waals surface area contributed by atoms with Crippen LogP contribution in [0.5, 0.6) is 17.2 Å². The normalized spacial score (nSPS) is 12.5. The number of hydrogen-bond donors (Lipinski definition) is 1. The summed E-state index contributed by atoms with van der Waals surface area (Å²) >= 11 is 0. The van der Waals surface area contributed by atoms with Gasteiger partial charge < -0.3 is 19.5 Å². The molecule has 1 aromatic carbocycles. The highest BCUT2D eigenvalue weighted by atomic mass is 16.5. The second-order valence-corrected chi connectivity index (χ2v) is 5.07. The molecule has 6 nitrogen and oxygen atoms in total. The number of ether oxygens (including phenoxy) is 3. The third-order valence-electron chi connectivity index (χ3n) is 3.53. The van der Waals surface area contributed by atoms with Gasteiger partial charge in [-0.3, -0.25) is 4.79 Å². The van der Waals surface area contributed by atoms with Crippen molar-refractivity contribution in [3.05, 3.63) is 47.7 Å². The number of pyridine rings is 1. The van der Waals surface area contributed by atoms with Crippen molar-refractivity contribution in [2.24, 2.45) is 0 Å². The van der Waals surface area contributed by atoms with Gasteiger partial charge >= 0.3 is 0 Å². The van der Waals surface area contributed by atoms with Crippen LogP contribution in [0.4, 0.5) is 5.82 Å². The molecular weight excluding hydrogens is 308 g/mol. The van der Waals surface area contributed by atoms with Gasteiger partial charge in [-0.05, 0) is 31.2 Å². The zero-order chi connectivity index (χ0) is 16.9. The zero-order valence-corrected chi connectivity index (χ0v) is 13.5. The Labute approximate surface area is 140 Å². The van der Waals surface area contributed by atoms with E-state index < -0.39 is 0 Å². The fourth-order valence-corrected chi connectivity index (χ4v) is 2.42. The average molecular weight is 326 g/mol. The van der Waals surface area contributed by atoms with Crippen LogP contribution in [0.3, 0.4) is 0 Å². The van der Waals surface area contributed by atoms with Gasteiger partial charge in [0.25, 0.3) is 5.91 Å². The van der Waals surface area contributed by atoms with Crippen LogP contribution in [0.25, 0.3) is 6.08 Å². The van der Waals surface area contributed by atoms with Crippen LogP contribution in [0.2, 0.25) is 0 Å². The quantitative estimate of drug-likeness (QED) is 0.915. The first-order chi connectivity index (χ1) is 11.7. The predicted octanol–water partition coefficient (Wildman–Crippen LogP) is 2.90. The minimum atomic E-state index is -0.278. The van der Waals surface area contributed by atoms with E-state index in [0.29, 0.717) is 35.2 Å². The van der Waals surface area contributed by atoms with Crippen molar-refractivity contribution < 1.29 is 19.0 Å². The number of nitrogens with one attached hydrogen (secondary N) is 1. The summed E-state index contributed by atoms with van der Waals surface area (Å²) in [5, 5.41) is 2.75. The Bertz CT molecular complexity index is 786. The first kappa shape index (κ1) is 15.9. The second kappa shape index (κ2) is 7.04. The number of rotatable bonds is 5. The van der Waals surface area contributed by atoms with Crippen molar-refractivity contribution >= 4 is 17.8 Å². The van der Waals surface area contributed by atoms with Gasteiger partial charge in [-0.15, -0.1) is 0 Å². The van der Waals surface area contributed by atoms with Crippen molar-refractivity contribution in [2.45, 2.75) is 6.92 Å². The number of fused-ring (bicyclic) bond motifs is 1. The summed E-state index contributed by atoms with van der Waals surface area (Å²) in [5.74, 6) is 1.94. The Morgan fingerprint density at radius 2 is 2.12 bits per heavy atom. The molecule has 0 atom stereocenters. The van der Waals surface area contributed by atoms with E-state index in [9.17, 15) is 4.79 Å². The van der Waals surface area contributed by atoms with Gasteiger partial charge in [0, 0.05) is 11.8 Å². The maximum atomic E-state index is 12.5. The lowest BCUT2D eigenvalue weighted by atomic mass is 10.1. The number of aromatic nitrogens is 1. The number of amides is 1. The van der Waals surface area contributed by atoms with Crippen LogP contribution in [0, 0.1) is 0 Å². The average Bonchev–Trinajstić information content (AvgIpc) is 2.62. The molecule has 2 aromatic rings. The van der Waals surface area contributed by atoms with Crippen molar-refractivity contribution in [3.8, 4) is 17.2 Å². The van der Waals surface area contributed by atoms with E-state index in [4.69, 9.17) is 14.2 Å². The molecule has 1 aliphatic heterocycles. The fourth-order valence-electron chi connectivity index (χ4n) is 2.42. The number of anilines is 1. The van der Waals surface area contributed by atoms with Crippen LogP contribution < -0.4 is 19.5 Å². The largest absolute Gasteiger partial charge is 0.493 e. The smallest absolute Gasteiger partial charge is 0.256 e. The molecule has 0 spiro atoms. The number of para-hydroxylation sites is 1. The van der Waals surface area contributed by atoms with Crippen LogP contribution in [0.1, 0.15) is 12.5 Å². The summed E-state index contributed by atoms with van der Waals surface area (Å²) in [4.78, 5) is 16.6.